The van der Waals surface area contributed by atoms with Crippen LogP contribution in [0.25, 0.3) is 0 Å². The first-order chi connectivity index (χ1) is 13.7. The molecule has 2 N–H and O–H groups in total. The average Bonchev–Trinajstić information content (AvgIpc) is 3.25. The molecule has 2 saturated heterocycles. The molecule has 7 heteroatoms. The van der Waals surface area contributed by atoms with Crippen LogP contribution in [0.15, 0.2) is 54.6 Å². The van der Waals surface area contributed by atoms with Crippen molar-refractivity contribution in [3.63, 3.8) is 0 Å². The number of carbonyl (C=O) groups is 2. The van der Waals surface area contributed by atoms with E-state index in [0.717, 1.165) is 45.7 Å². The third-order valence-corrected chi connectivity index (χ3v) is 5.54. The molecule has 0 saturated carbocycles. The van der Waals surface area contributed by atoms with Gasteiger partial charge in [-0.2, -0.15) is 0 Å². The van der Waals surface area contributed by atoms with Crippen molar-refractivity contribution < 1.29 is 9.59 Å². The van der Waals surface area contributed by atoms with E-state index in [1.807, 2.05) is 23.1 Å². The summed E-state index contributed by atoms with van der Waals surface area (Å²) in [6, 6.07) is 16.7. The number of piperazine rings is 1. The Labute approximate surface area is 177 Å². The summed E-state index contributed by atoms with van der Waals surface area (Å²) < 4.78 is 0. The molecule has 29 heavy (non-hydrogen) atoms. The highest BCUT2D eigenvalue weighted by molar-refractivity contribution is 6.04. The molecular weight excluding hydrogens is 388 g/mol. The van der Waals surface area contributed by atoms with Crippen LogP contribution in [0.5, 0.6) is 0 Å². The van der Waals surface area contributed by atoms with Crippen LogP contribution in [0.2, 0.25) is 0 Å². The maximum Gasteiger partial charge on any atom is 0.255 e. The van der Waals surface area contributed by atoms with Gasteiger partial charge < -0.3 is 15.5 Å². The number of likely N-dealkylation sites (tertiary alicyclic amines) is 1. The van der Waals surface area contributed by atoms with Gasteiger partial charge in [-0.3, -0.25) is 14.5 Å². The number of nitrogens with zero attached hydrogens (tertiary/aromatic N) is 2. The second kappa shape index (κ2) is 9.87. The maximum absolute atomic E-state index is 12.8. The van der Waals surface area contributed by atoms with Crippen molar-refractivity contribution in [1.82, 2.24) is 15.1 Å². The Balaban J connectivity index is 0.00000240. The van der Waals surface area contributed by atoms with Crippen molar-refractivity contribution in [3.8, 4) is 0 Å². The van der Waals surface area contributed by atoms with Gasteiger partial charge in [-0.1, -0.05) is 18.2 Å². The Kier molecular flexibility index (Phi) is 7.25. The fourth-order valence-corrected chi connectivity index (χ4v) is 3.94. The smallest absolute Gasteiger partial charge is 0.255 e. The third kappa shape index (κ3) is 5.15. The van der Waals surface area contributed by atoms with Crippen molar-refractivity contribution in [2.75, 3.05) is 44.6 Å². The summed E-state index contributed by atoms with van der Waals surface area (Å²) in [5, 5.41) is 6.24. The zero-order valence-electron chi connectivity index (χ0n) is 16.3. The lowest BCUT2D eigenvalue weighted by Gasteiger charge is -2.32. The van der Waals surface area contributed by atoms with E-state index in [2.05, 4.69) is 15.5 Å². The van der Waals surface area contributed by atoms with Crippen molar-refractivity contribution in [3.05, 3.63) is 65.7 Å². The molecule has 0 bridgehead atoms. The molecule has 2 aliphatic rings. The number of halogens is 1. The van der Waals surface area contributed by atoms with Gasteiger partial charge in [0.15, 0.2) is 0 Å². The number of carbonyl (C=O) groups excluding carboxylic acids is 2. The molecule has 2 aliphatic heterocycles. The lowest BCUT2D eigenvalue weighted by Crippen LogP contribution is -2.49. The normalized spacial score (nSPS) is 19.4. The largest absolute Gasteiger partial charge is 0.337 e. The van der Waals surface area contributed by atoms with Gasteiger partial charge in [0.05, 0.1) is 0 Å². The highest BCUT2D eigenvalue weighted by Crippen LogP contribution is 2.20. The number of hydrogen-bond acceptors (Lipinski definition) is 4. The molecule has 2 aromatic rings. The molecule has 6 nitrogen and oxygen atoms in total. The monoisotopic (exact) mass is 414 g/mol. The lowest BCUT2D eigenvalue weighted by atomic mass is 10.1. The Morgan fingerprint density at radius 2 is 1.59 bits per heavy atom. The minimum atomic E-state index is -0.155. The molecule has 2 fully saturated rings. The Morgan fingerprint density at radius 3 is 2.28 bits per heavy atom. The molecule has 0 aliphatic carbocycles. The summed E-state index contributed by atoms with van der Waals surface area (Å²) in [5.74, 6) is -0.0864. The van der Waals surface area contributed by atoms with Gasteiger partial charge >= 0.3 is 0 Å². The Bertz CT molecular complexity index is 822. The minimum Gasteiger partial charge on any atom is -0.337 e. The lowest BCUT2D eigenvalue weighted by molar-refractivity contribution is 0.0773. The van der Waals surface area contributed by atoms with Gasteiger partial charge in [-0.05, 0) is 42.8 Å². The number of hydrogen-bond donors (Lipinski definition) is 2. The minimum absolute atomic E-state index is 0. The van der Waals surface area contributed by atoms with Gasteiger partial charge in [-0.25, -0.2) is 0 Å². The van der Waals surface area contributed by atoms with Gasteiger partial charge in [-0.15, -0.1) is 12.4 Å². The zero-order valence-corrected chi connectivity index (χ0v) is 17.2. The van der Waals surface area contributed by atoms with Gasteiger partial charge in [0.2, 0.25) is 0 Å². The van der Waals surface area contributed by atoms with E-state index in [1.165, 1.54) is 0 Å². The number of nitrogens with one attached hydrogen (secondary N) is 2. The molecule has 0 radical (unpaired) electrons. The SMILES string of the molecule is Cl.O=C(Nc1ccc(C(=O)N2CCC(N3CCNCC3)C2)cc1)c1ccccc1. The van der Waals surface area contributed by atoms with Gasteiger partial charge in [0.1, 0.15) is 0 Å². The van der Waals surface area contributed by atoms with Gasteiger partial charge in [0.25, 0.3) is 11.8 Å². The van der Waals surface area contributed by atoms with Crippen molar-refractivity contribution in [2.45, 2.75) is 12.5 Å². The van der Waals surface area contributed by atoms with E-state index in [-0.39, 0.29) is 24.2 Å². The first-order valence-electron chi connectivity index (χ1n) is 9.91. The first-order valence-corrected chi connectivity index (χ1v) is 9.91. The second-order valence-electron chi connectivity index (χ2n) is 7.38. The number of amides is 2. The standard InChI is InChI=1S/C22H26N4O2.ClH/c27-21(17-4-2-1-3-5-17)24-19-8-6-18(7-9-19)22(28)26-13-10-20(16-26)25-14-11-23-12-15-25;/h1-9,20,23H,10-16H2,(H,24,27);1H. The molecule has 2 heterocycles. The maximum atomic E-state index is 12.8. The molecule has 0 spiro atoms. The number of anilines is 1. The summed E-state index contributed by atoms with van der Waals surface area (Å²) in [7, 11) is 0. The third-order valence-electron chi connectivity index (χ3n) is 5.54. The van der Waals surface area contributed by atoms with E-state index in [4.69, 9.17) is 0 Å². The highest BCUT2D eigenvalue weighted by Gasteiger charge is 2.31. The van der Waals surface area contributed by atoms with Crippen LogP contribution < -0.4 is 10.6 Å². The van der Waals surface area contributed by atoms with E-state index < -0.39 is 0 Å². The molecule has 1 unspecified atom stereocenters. The molecule has 2 amide bonds. The van der Waals surface area contributed by atoms with E-state index in [0.29, 0.717) is 22.9 Å². The zero-order chi connectivity index (χ0) is 19.3. The van der Waals surface area contributed by atoms with Gasteiger partial charge in [0, 0.05) is 62.1 Å². The highest BCUT2D eigenvalue weighted by atomic mass is 35.5. The van der Waals surface area contributed by atoms with E-state index in [1.54, 1.807) is 36.4 Å². The second-order valence-corrected chi connectivity index (χ2v) is 7.38. The number of rotatable bonds is 4. The predicted octanol–water partition coefficient (Wildman–Crippen LogP) is 2.48. The molecule has 4 rings (SSSR count). The molecule has 154 valence electrons. The molecule has 0 aromatic heterocycles. The van der Waals surface area contributed by atoms with Crippen LogP contribution in [-0.4, -0.2) is 66.9 Å². The predicted molar refractivity (Wildman–Crippen MR) is 117 cm³/mol. The summed E-state index contributed by atoms with van der Waals surface area (Å²) in [6.45, 7) is 5.78. The summed E-state index contributed by atoms with van der Waals surface area (Å²) in [4.78, 5) is 29.5. The topological polar surface area (TPSA) is 64.7 Å². The molecular formula is C22H27ClN4O2. The van der Waals surface area contributed by atoms with Crippen LogP contribution >= 0.6 is 12.4 Å². The fraction of sp³-hybridized carbons (Fsp3) is 0.364. The van der Waals surface area contributed by atoms with Crippen molar-refractivity contribution in [1.29, 1.82) is 0 Å². The van der Waals surface area contributed by atoms with Crippen LogP contribution in [0, 0.1) is 0 Å². The molecule has 2 aromatic carbocycles. The van der Waals surface area contributed by atoms with Crippen LogP contribution in [0.1, 0.15) is 27.1 Å². The Morgan fingerprint density at radius 1 is 0.897 bits per heavy atom. The van der Waals surface area contributed by atoms with Crippen LogP contribution in [-0.2, 0) is 0 Å². The Hall–Kier alpha value is -2.41. The van der Waals surface area contributed by atoms with Crippen molar-refractivity contribution >= 4 is 29.9 Å². The molecule has 1 atom stereocenters. The van der Waals surface area contributed by atoms with Crippen molar-refractivity contribution in [2.24, 2.45) is 0 Å². The quantitative estimate of drug-likeness (QED) is 0.806. The first kappa shape index (κ1) is 21.3. The fourth-order valence-electron chi connectivity index (χ4n) is 3.94. The number of benzene rings is 2. The average molecular weight is 415 g/mol. The summed E-state index contributed by atoms with van der Waals surface area (Å²) >= 11 is 0. The van der Waals surface area contributed by atoms with Crippen LogP contribution in [0.4, 0.5) is 5.69 Å². The van der Waals surface area contributed by atoms with Crippen LogP contribution in [0.3, 0.4) is 0 Å². The summed E-state index contributed by atoms with van der Waals surface area (Å²) in [5.41, 5.74) is 1.96. The van der Waals surface area contributed by atoms with E-state index >= 15 is 0 Å². The summed E-state index contributed by atoms with van der Waals surface area (Å²) in [6.07, 6.45) is 1.04. The van der Waals surface area contributed by atoms with E-state index in [9.17, 15) is 9.59 Å².